The van der Waals surface area contributed by atoms with Gasteiger partial charge in [0.05, 0.1) is 0 Å². The lowest BCUT2D eigenvalue weighted by molar-refractivity contribution is -0.149. The summed E-state index contributed by atoms with van der Waals surface area (Å²) >= 11 is 0. The zero-order chi connectivity index (χ0) is 13.0. The highest BCUT2D eigenvalue weighted by Crippen LogP contribution is 2.20. The van der Waals surface area contributed by atoms with Gasteiger partial charge in [0.2, 0.25) is 0 Å². The van der Waals surface area contributed by atoms with Gasteiger partial charge in [-0.2, -0.15) is 0 Å². The Kier molecular flexibility index (Phi) is 3.95. The molecule has 3 heteroatoms. The van der Waals surface area contributed by atoms with Crippen molar-refractivity contribution in [2.45, 2.75) is 19.4 Å². The fourth-order valence-corrected chi connectivity index (χ4v) is 2.09. The van der Waals surface area contributed by atoms with E-state index in [1.807, 2.05) is 42.5 Å². The quantitative estimate of drug-likeness (QED) is 0.879. The lowest BCUT2D eigenvalue weighted by Gasteiger charge is -2.13. The third kappa shape index (κ3) is 2.68. The van der Waals surface area contributed by atoms with Crippen LogP contribution in [0.1, 0.15) is 12.5 Å². The molecule has 0 saturated carbocycles. The van der Waals surface area contributed by atoms with Gasteiger partial charge in [-0.3, -0.25) is 0 Å². The first-order valence-corrected chi connectivity index (χ1v) is 6.03. The monoisotopic (exact) mass is 244 g/mol. The van der Waals surface area contributed by atoms with Crippen LogP contribution in [0.5, 0.6) is 0 Å². The number of aliphatic carboxylic acids is 1. The first-order valence-electron chi connectivity index (χ1n) is 6.03. The summed E-state index contributed by atoms with van der Waals surface area (Å²) in [5, 5.41) is 11.3. The molecule has 94 valence electrons. The zero-order valence-electron chi connectivity index (χ0n) is 10.3. The molecule has 0 aromatic heterocycles. The molecule has 0 radical (unpaired) electrons. The normalized spacial score (nSPS) is 12.5. The molecule has 0 spiro atoms. The molecule has 1 N–H and O–H groups in total. The fraction of sp³-hybridized carbons (Fsp3) is 0.267. The highest BCUT2D eigenvalue weighted by Gasteiger charge is 2.18. The lowest BCUT2D eigenvalue weighted by Crippen LogP contribution is -2.26. The van der Waals surface area contributed by atoms with Gasteiger partial charge in [0, 0.05) is 13.0 Å². The van der Waals surface area contributed by atoms with Gasteiger partial charge < -0.3 is 9.84 Å². The summed E-state index contributed by atoms with van der Waals surface area (Å²) < 4.78 is 5.26. The van der Waals surface area contributed by atoms with Crippen LogP contribution in [0.25, 0.3) is 10.8 Å². The van der Waals surface area contributed by atoms with Gasteiger partial charge in [0.15, 0.2) is 6.10 Å². The van der Waals surface area contributed by atoms with E-state index in [1.165, 1.54) is 0 Å². The van der Waals surface area contributed by atoms with E-state index in [-0.39, 0.29) is 0 Å². The summed E-state index contributed by atoms with van der Waals surface area (Å²) in [5.74, 6) is -0.912. The highest BCUT2D eigenvalue weighted by atomic mass is 16.5. The van der Waals surface area contributed by atoms with Crippen molar-refractivity contribution in [3.8, 4) is 0 Å². The van der Waals surface area contributed by atoms with Gasteiger partial charge in [0.25, 0.3) is 0 Å². The summed E-state index contributed by atoms with van der Waals surface area (Å²) in [5.41, 5.74) is 1.01. The van der Waals surface area contributed by atoms with E-state index in [4.69, 9.17) is 9.84 Å². The molecule has 3 nitrogen and oxygen atoms in total. The van der Waals surface area contributed by atoms with Crippen LogP contribution in [0, 0.1) is 0 Å². The van der Waals surface area contributed by atoms with Crippen LogP contribution >= 0.6 is 0 Å². The minimum atomic E-state index is -0.912. The lowest BCUT2D eigenvalue weighted by atomic mass is 10.00. The maximum atomic E-state index is 11.1. The molecule has 1 unspecified atom stereocenters. The molecule has 0 fully saturated rings. The van der Waals surface area contributed by atoms with E-state index in [9.17, 15) is 4.79 Å². The largest absolute Gasteiger partial charge is 0.479 e. The summed E-state index contributed by atoms with van der Waals surface area (Å²) in [7, 11) is 0. The Morgan fingerprint density at radius 2 is 1.94 bits per heavy atom. The maximum absolute atomic E-state index is 11.1. The van der Waals surface area contributed by atoms with Crippen LogP contribution in [0.2, 0.25) is 0 Å². The number of carbonyl (C=O) groups is 1. The van der Waals surface area contributed by atoms with Gasteiger partial charge in [-0.1, -0.05) is 42.5 Å². The minimum Gasteiger partial charge on any atom is -0.479 e. The molecule has 0 heterocycles. The van der Waals surface area contributed by atoms with Crippen LogP contribution in [0.15, 0.2) is 42.5 Å². The topological polar surface area (TPSA) is 46.5 Å². The third-order valence-electron chi connectivity index (χ3n) is 2.93. The first kappa shape index (κ1) is 12.6. The van der Waals surface area contributed by atoms with Crippen LogP contribution in [-0.4, -0.2) is 23.8 Å². The van der Waals surface area contributed by atoms with Gasteiger partial charge in [-0.05, 0) is 23.3 Å². The molecular weight excluding hydrogens is 228 g/mol. The van der Waals surface area contributed by atoms with Crippen molar-refractivity contribution < 1.29 is 14.6 Å². The summed E-state index contributed by atoms with van der Waals surface area (Å²) in [6.07, 6.45) is -0.384. The third-order valence-corrected chi connectivity index (χ3v) is 2.93. The van der Waals surface area contributed by atoms with Crippen LogP contribution < -0.4 is 0 Å². The van der Waals surface area contributed by atoms with E-state index >= 15 is 0 Å². The number of hydrogen-bond donors (Lipinski definition) is 1. The molecule has 2 aromatic rings. The number of benzene rings is 2. The van der Waals surface area contributed by atoms with Crippen molar-refractivity contribution in [2.24, 2.45) is 0 Å². The van der Waals surface area contributed by atoms with E-state index < -0.39 is 12.1 Å². The van der Waals surface area contributed by atoms with E-state index in [0.29, 0.717) is 13.0 Å². The molecular formula is C15H16O3. The number of fused-ring (bicyclic) bond motifs is 1. The van der Waals surface area contributed by atoms with Gasteiger partial charge in [-0.15, -0.1) is 0 Å². The van der Waals surface area contributed by atoms with Crippen molar-refractivity contribution >= 4 is 16.7 Å². The summed E-state index contributed by atoms with van der Waals surface area (Å²) in [6, 6.07) is 13.9. The Hall–Kier alpha value is -1.87. The van der Waals surface area contributed by atoms with Crippen molar-refractivity contribution in [3.63, 3.8) is 0 Å². The molecule has 0 aliphatic heterocycles. The van der Waals surface area contributed by atoms with Gasteiger partial charge in [-0.25, -0.2) is 4.79 Å². The minimum absolute atomic E-state index is 0.393. The SMILES string of the molecule is CCOC(Cc1cccc2ccccc12)C(=O)O. The van der Waals surface area contributed by atoms with Crippen LogP contribution in [0.3, 0.4) is 0 Å². The van der Waals surface area contributed by atoms with Gasteiger partial charge in [0.1, 0.15) is 0 Å². The van der Waals surface area contributed by atoms with E-state index in [0.717, 1.165) is 16.3 Å². The average molecular weight is 244 g/mol. The average Bonchev–Trinajstić information content (AvgIpc) is 2.38. The Morgan fingerprint density at radius 1 is 1.22 bits per heavy atom. The smallest absolute Gasteiger partial charge is 0.333 e. The molecule has 0 saturated heterocycles. The van der Waals surface area contributed by atoms with Crippen LogP contribution in [-0.2, 0) is 16.0 Å². The second-order valence-electron chi connectivity index (χ2n) is 4.12. The van der Waals surface area contributed by atoms with Crippen molar-refractivity contribution in [3.05, 3.63) is 48.0 Å². The second kappa shape index (κ2) is 5.65. The molecule has 2 rings (SSSR count). The number of rotatable bonds is 5. The maximum Gasteiger partial charge on any atom is 0.333 e. The number of ether oxygens (including phenoxy) is 1. The van der Waals surface area contributed by atoms with Gasteiger partial charge >= 0.3 is 5.97 Å². The summed E-state index contributed by atoms with van der Waals surface area (Å²) in [4.78, 5) is 11.1. The predicted octanol–water partition coefficient (Wildman–Crippen LogP) is 2.87. The van der Waals surface area contributed by atoms with Crippen LogP contribution in [0.4, 0.5) is 0 Å². The van der Waals surface area contributed by atoms with E-state index in [1.54, 1.807) is 6.92 Å². The highest BCUT2D eigenvalue weighted by molar-refractivity contribution is 5.86. The van der Waals surface area contributed by atoms with E-state index in [2.05, 4.69) is 0 Å². The fourth-order valence-electron chi connectivity index (χ4n) is 2.09. The first-order chi connectivity index (χ1) is 8.72. The molecule has 0 aliphatic rings. The molecule has 18 heavy (non-hydrogen) atoms. The Morgan fingerprint density at radius 3 is 2.67 bits per heavy atom. The number of carboxylic acids is 1. The molecule has 0 amide bonds. The van der Waals surface area contributed by atoms with Crippen molar-refractivity contribution in [1.29, 1.82) is 0 Å². The Labute approximate surface area is 106 Å². The zero-order valence-corrected chi connectivity index (χ0v) is 10.3. The molecule has 0 aliphatic carbocycles. The standard InChI is InChI=1S/C15H16O3/c1-2-18-14(15(16)17)10-12-8-5-7-11-6-3-4-9-13(11)12/h3-9,14H,2,10H2,1H3,(H,16,17). The number of carboxylic acid groups (broad SMARTS) is 1. The molecule has 0 bridgehead atoms. The Balaban J connectivity index is 2.33. The second-order valence-corrected chi connectivity index (χ2v) is 4.12. The molecule has 1 atom stereocenters. The van der Waals surface area contributed by atoms with Crippen molar-refractivity contribution in [1.82, 2.24) is 0 Å². The number of hydrogen-bond acceptors (Lipinski definition) is 2. The predicted molar refractivity (Wildman–Crippen MR) is 70.7 cm³/mol. The molecule has 2 aromatic carbocycles. The summed E-state index contributed by atoms with van der Waals surface area (Å²) in [6.45, 7) is 2.21. The Bertz CT molecular complexity index is 543. The van der Waals surface area contributed by atoms with Crippen molar-refractivity contribution in [2.75, 3.05) is 6.61 Å².